The molecule has 4 heteroatoms. The van der Waals surface area contributed by atoms with Crippen LogP contribution in [0.2, 0.25) is 0 Å². The van der Waals surface area contributed by atoms with E-state index in [4.69, 9.17) is 0 Å². The Bertz CT molecular complexity index is 299. The van der Waals surface area contributed by atoms with E-state index in [1.807, 2.05) is 6.20 Å². The molecule has 0 amide bonds. The highest BCUT2D eigenvalue weighted by Gasteiger charge is 2.28. The van der Waals surface area contributed by atoms with E-state index in [2.05, 4.69) is 27.9 Å². The monoisotopic (exact) mass is 239 g/mol. The highest BCUT2D eigenvalue weighted by atomic mass is 32.1. The van der Waals surface area contributed by atoms with Crippen LogP contribution in [0.15, 0.2) is 6.20 Å². The molecule has 0 aliphatic heterocycles. The van der Waals surface area contributed by atoms with E-state index in [0.29, 0.717) is 6.04 Å². The second kappa shape index (κ2) is 5.73. The van der Waals surface area contributed by atoms with Gasteiger partial charge in [-0.05, 0) is 31.2 Å². The number of hydrogen-bond acceptors (Lipinski definition) is 4. The van der Waals surface area contributed by atoms with Crippen LogP contribution in [0, 0.1) is 11.8 Å². The summed E-state index contributed by atoms with van der Waals surface area (Å²) in [7, 11) is 0. The summed E-state index contributed by atoms with van der Waals surface area (Å²) < 4.78 is 8.53. The molecule has 1 aromatic rings. The highest BCUT2D eigenvalue weighted by molar-refractivity contribution is 6.99. The highest BCUT2D eigenvalue weighted by Crippen LogP contribution is 2.36. The van der Waals surface area contributed by atoms with Gasteiger partial charge in [-0.2, -0.15) is 8.75 Å². The molecule has 0 radical (unpaired) electrons. The van der Waals surface area contributed by atoms with Crippen LogP contribution in [-0.4, -0.2) is 15.3 Å². The van der Waals surface area contributed by atoms with Crippen LogP contribution in [0.1, 0.15) is 51.3 Å². The first-order chi connectivity index (χ1) is 7.81. The fraction of sp³-hybridized carbons (Fsp3) is 0.833. The molecule has 16 heavy (non-hydrogen) atoms. The van der Waals surface area contributed by atoms with Crippen LogP contribution in [-0.2, 0) is 0 Å². The minimum Gasteiger partial charge on any atom is -0.309 e. The molecule has 1 fully saturated rings. The van der Waals surface area contributed by atoms with Crippen molar-refractivity contribution >= 4 is 11.7 Å². The Morgan fingerprint density at radius 1 is 1.56 bits per heavy atom. The van der Waals surface area contributed by atoms with Crippen molar-refractivity contribution in [3.05, 3.63) is 11.9 Å². The molecule has 1 aliphatic carbocycles. The van der Waals surface area contributed by atoms with E-state index >= 15 is 0 Å². The van der Waals surface area contributed by atoms with E-state index in [1.54, 1.807) is 0 Å². The summed E-state index contributed by atoms with van der Waals surface area (Å²) in [6, 6.07) is 0.423. The third-order valence-electron chi connectivity index (χ3n) is 3.57. The van der Waals surface area contributed by atoms with E-state index in [1.165, 1.54) is 37.4 Å². The topological polar surface area (TPSA) is 37.8 Å². The molecule has 2 rings (SSSR count). The lowest BCUT2D eigenvalue weighted by Gasteiger charge is -2.32. The Balaban J connectivity index is 2.06. The second-order valence-corrected chi connectivity index (χ2v) is 5.46. The first kappa shape index (κ1) is 12.0. The number of aromatic nitrogens is 2. The van der Waals surface area contributed by atoms with Gasteiger partial charge in [0.05, 0.1) is 29.7 Å². The summed E-state index contributed by atoms with van der Waals surface area (Å²) >= 11 is 1.32. The molecule has 1 aliphatic rings. The maximum absolute atomic E-state index is 4.40. The molecule has 0 saturated heterocycles. The molecule has 0 aromatic carbocycles. The van der Waals surface area contributed by atoms with Gasteiger partial charge in [-0.15, -0.1) is 0 Å². The van der Waals surface area contributed by atoms with Gasteiger partial charge < -0.3 is 5.32 Å². The number of rotatable bonds is 4. The number of hydrogen-bond donors (Lipinski definition) is 1. The summed E-state index contributed by atoms with van der Waals surface area (Å²) in [4.78, 5) is 0. The van der Waals surface area contributed by atoms with Gasteiger partial charge in [-0.25, -0.2) is 0 Å². The third-order valence-corrected chi connectivity index (χ3v) is 4.06. The van der Waals surface area contributed by atoms with Gasteiger partial charge in [0.1, 0.15) is 0 Å². The molecular formula is C12H21N3S. The van der Waals surface area contributed by atoms with Crippen molar-refractivity contribution in [2.24, 2.45) is 11.8 Å². The maximum Gasteiger partial charge on any atom is 0.0915 e. The van der Waals surface area contributed by atoms with Crippen molar-refractivity contribution in [3.63, 3.8) is 0 Å². The minimum atomic E-state index is 0.423. The molecule has 3 nitrogen and oxygen atoms in total. The first-order valence-corrected chi connectivity index (χ1v) is 7.05. The zero-order chi connectivity index (χ0) is 11.4. The van der Waals surface area contributed by atoms with Crippen LogP contribution in [0.4, 0.5) is 0 Å². The van der Waals surface area contributed by atoms with Crippen LogP contribution in [0.3, 0.4) is 0 Å². The van der Waals surface area contributed by atoms with Gasteiger partial charge in [-0.3, -0.25) is 0 Å². The Kier molecular flexibility index (Phi) is 4.29. The van der Waals surface area contributed by atoms with Crippen LogP contribution < -0.4 is 5.32 Å². The number of nitrogens with zero attached hydrogens (tertiary/aromatic N) is 2. The van der Waals surface area contributed by atoms with Crippen LogP contribution >= 0.6 is 11.7 Å². The Morgan fingerprint density at radius 3 is 3.06 bits per heavy atom. The molecule has 0 bridgehead atoms. The summed E-state index contributed by atoms with van der Waals surface area (Å²) in [5.41, 5.74) is 1.14. The van der Waals surface area contributed by atoms with Gasteiger partial charge in [0, 0.05) is 0 Å². The van der Waals surface area contributed by atoms with Gasteiger partial charge >= 0.3 is 0 Å². The van der Waals surface area contributed by atoms with Crippen molar-refractivity contribution in [1.29, 1.82) is 0 Å². The van der Waals surface area contributed by atoms with Gasteiger partial charge in [0.15, 0.2) is 0 Å². The third kappa shape index (κ3) is 2.80. The maximum atomic E-state index is 4.40. The summed E-state index contributed by atoms with van der Waals surface area (Å²) in [6.45, 7) is 5.54. The molecule has 1 heterocycles. The van der Waals surface area contributed by atoms with Crippen molar-refractivity contribution < 1.29 is 0 Å². The SMILES string of the molecule is CCNC(c1cnsn1)C1CCCC(C)C1. The van der Waals surface area contributed by atoms with Gasteiger partial charge in [0.25, 0.3) is 0 Å². The van der Waals surface area contributed by atoms with E-state index in [-0.39, 0.29) is 0 Å². The fourth-order valence-corrected chi connectivity index (χ4v) is 3.28. The summed E-state index contributed by atoms with van der Waals surface area (Å²) in [5, 5.41) is 3.58. The zero-order valence-corrected chi connectivity index (χ0v) is 11.0. The standard InChI is InChI=1S/C12H21N3S/c1-3-13-12(11-8-14-16-15-11)10-6-4-5-9(2)7-10/h8-10,12-13H,3-7H2,1-2H3. The molecule has 90 valence electrons. The van der Waals surface area contributed by atoms with Crippen molar-refractivity contribution in [2.45, 2.75) is 45.6 Å². The lowest BCUT2D eigenvalue weighted by molar-refractivity contribution is 0.223. The molecule has 3 atom stereocenters. The van der Waals surface area contributed by atoms with E-state index in [0.717, 1.165) is 24.1 Å². The predicted octanol–water partition coefficient (Wildman–Crippen LogP) is 3.02. The van der Waals surface area contributed by atoms with Crippen LogP contribution in [0.25, 0.3) is 0 Å². The normalized spacial score (nSPS) is 27.9. The van der Waals surface area contributed by atoms with Crippen molar-refractivity contribution in [1.82, 2.24) is 14.1 Å². The Labute approximate surface area is 102 Å². The molecule has 3 unspecified atom stereocenters. The van der Waals surface area contributed by atoms with Crippen LogP contribution in [0.5, 0.6) is 0 Å². The molecular weight excluding hydrogens is 218 g/mol. The van der Waals surface area contributed by atoms with Crippen molar-refractivity contribution in [3.8, 4) is 0 Å². The quantitative estimate of drug-likeness (QED) is 0.877. The Hall–Kier alpha value is -0.480. The van der Waals surface area contributed by atoms with E-state index in [9.17, 15) is 0 Å². The molecule has 1 aromatic heterocycles. The lowest BCUT2D eigenvalue weighted by atomic mass is 9.78. The van der Waals surface area contributed by atoms with Crippen molar-refractivity contribution in [2.75, 3.05) is 6.54 Å². The second-order valence-electron chi connectivity index (χ2n) is 4.90. The molecule has 0 spiro atoms. The average molecular weight is 239 g/mol. The molecule has 1 saturated carbocycles. The molecule has 1 N–H and O–H groups in total. The first-order valence-electron chi connectivity index (χ1n) is 6.32. The van der Waals surface area contributed by atoms with Gasteiger partial charge in [-0.1, -0.05) is 26.7 Å². The Morgan fingerprint density at radius 2 is 2.44 bits per heavy atom. The summed E-state index contributed by atoms with van der Waals surface area (Å²) in [6.07, 6.45) is 7.35. The smallest absolute Gasteiger partial charge is 0.0915 e. The minimum absolute atomic E-state index is 0.423. The predicted molar refractivity (Wildman–Crippen MR) is 67.4 cm³/mol. The average Bonchev–Trinajstić information content (AvgIpc) is 2.79. The fourth-order valence-electron chi connectivity index (χ4n) is 2.83. The van der Waals surface area contributed by atoms with Gasteiger partial charge in [0.2, 0.25) is 0 Å². The zero-order valence-electron chi connectivity index (χ0n) is 10.1. The summed E-state index contributed by atoms with van der Waals surface area (Å²) in [5.74, 6) is 1.61. The number of nitrogens with one attached hydrogen (secondary N) is 1. The van der Waals surface area contributed by atoms with E-state index < -0.39 is 0 Å². The largest absolute Gasteiger partial charge is 0.309 e. The lowest BCUT2D eigenvalue weighted by Crippen LogP contribution is -2.31.